The first kappa shape index (κ1) is 23.0. The van der Waals surface area contributed by atoms with Crippen LogP contribution in [-0.2, 0) is 11.3 Å². The van der Waals surface area contributed by atoms with Gasteiger partial charge in [-0.2, -0.15) is 0 Å². The minimum atomic E-state index is -1.15. The van der Waals surface area contributed by atoms with Crippen LogP contribution in [0.2, 0.25) is 0 Å². The van der Waals surface area contributed by atoms with Crippen molar-refractivity contribution in [3.63, 3.8) is 0 Å². The number of methoxy groups -OCH3 is 1. The van der Waals surface area contributed by atoms with E-state index < -0.39 is 24.6 Å². The molecule has 0 heterocycles. The molecule has 166 valence electrons. The van der Waals surface area contributed by atoms with Gasteiger partial charge in [-0.1, -0.05) is 48.5 Å². The van der Waals surface area contributed by atoms with Crippen molar-refractivity contribution in [2.75, 3.05) is 13.7 Å². The molecule has 0 fully saturated rings. The van der Waals surface area contributed by atoms with Gasteiger partial charge in [0, 0.05) is 18.2 Å². The zero-order valence-corrected chi connectivity index (χ0v) is 17.9. The van der Waals surface area contributed by atoms with E-state index in [0.717, 1.165) is 16.7 Å². The third-order valence-corrected chi connectivity index (χ3v) is 5.13. The molecule has 0 unspecified atom stereocenters. The van der Waals surface area contributed by atoms with Crippen LogP contribution in [-0.4, -0.2) is 41.9 Å². The molecule has 0 spiro atoms. The van der Waals surface area contributed by atoms with Crippen molar-refractivity contribution in [1.82, 2.24) is 5.32 Å². The molecular formula is C25H25NO6. The first-order chi connectivity index (χ1) is 15.4. The van der Waals surface area contributed by atoms with E-state index in [2.05, 4.69) is 5.32 Å². The van der Waals surface area contributed by atoms with E-state index >= 15 is 0 Å². The lowest BCUT2D eigenvalue weighted by Gasteiger charge is -2.15. The summed E-state index contributed by atoms with van der Waals surface area (Å²) in [6, 6.07) is 19.1. The highest BCUT2D eigenvalue weighted by Gasteiger charge is 2.18. The molecular weight excluding hydrogens is 410 g/mol. The van der Waals surface area contributed by atoms with Crippen LogP contribution in [0, 0.1) is 6.92 Å². The number of carbonyl (C=O) groups is 2. The highest BCUT2D eigenvalue weighted by molar-refractivity contribution is 5.94. The van der Waals surface area contributed by atoms with Gasteiger partial charge in [0.2, 0.25) is 0 Å². The van der Waals surface area contributed by atoms with Crippen molar-refractivity contribution < 1.29 is 29.3 Å². The Kier molecular flexibility index (Phi) is 7.59. The van der Waals surface area contributed by atoms with Crippen LogP contribution in [0.1, 0.15) is 21.5 Å². The fourth-order valence-electron chi connectivity index (χ4n) is 3.35. The van der Waals surface area contributed by atoms with Gasteiger partial charge < -0.3 is 19.7 Å². The summed E-state index contributed by atoms with van der Waals surface area (Å²) in [5.41, 5.74) is 3.91. The number of nitrogens with one attached hydrogen (secondary N) is 1. The Morgan fingerprint density at radius 3 is 2.44 bits per heavy atom. The number of hydrogen-bond donors (Lipinski definition) is 3. The van der Waals surface area contributed by atoms with Crippen LogP contribution in [0.3, 0.4) is 0 Å². The topological polar surface area (TPSA) is 105 Å². The second-order valence-corrected chi connectivity index (χ2v) is 7.16. The summed E-state index contributed by atoms with van der Waals surface area (Å²) in [5, 5.41) is 20.9. The smallest absolute Gasteiger partial charge is 0.343 e. The summed E-state index contributed by atoms with van der Waals surface area (Å²) < 4.78 is 10.9. The number of benzene rings is 3. The molecule has 7 nitrogen and oxygen atoms in total. The standard InChI is InChI=1S/C25H25NO6/c1-16-20(17-7-4-3-5-8-17)9-6-10-21(16)25(30)32-19-12-11-18(23(13-19)31-2)14-26-22(15-27)24(28)29/h3-13,22,26-27H,14-15H2,1-2H3,(H,28,29)/t22-/m0/s1. The predicted octanol–water partition coefficient (Wildman–Crippen LogP) is 3.42. The molecule has 0 aromatic heterocycles. The van der Waals surface area contributed by atoms with E-state index in [9.17, 15) is 9.59 Å². The summed E-state index contributed by atoms with van der Waals surface area (Å²) in [6.45, 7) is 1.51. The van der Waals surface area contributed by atoms with E-state index in [1.54, 1.807) is 24.3 Å². The molecule has 0 amide bonds. The highest BCUT2D eigenvalue weighted by Crippen LogP contribution is 2.28. The molecule has 0 saturated carbocycles. The second-order valence-electron chi connectivity index (χ2n) is 7.16. The number of carboxylic acid groups (broad SMARTS) is 1. The lowest BCUT2D eigenvalue weighted by Crippen LogP contribution is -2.39. The lowest BCUT2D eigenvalue weighted by molar-refractivity contribution is -0.140. The number of ether oxygens (including phenoxy) is 2. The number of carbonyl (C=O) groups excluding carboxylic acids is 1. The predicted molar refractivity (Wildman–Crippen MR) is 120 cm³/mol. The van der Waals surface area contributed by atoms with Gasteiger partial charge in [0.05, 0.1) is 19.3 Å². The summed E-state index contributed by atoms with van der Waals surface area (Å²) in [7, 11) is 1.47. The summed E-state index contributed by atoms with van der Waals surface area (Å²) in [4.78, 5) is 23.9. The second kappa shape index (κ2) is 10.6. The maximum Gasteiger partial charge on any atom is 0.343 e. The minimum Gasteiger partial charge on any atom is -0.496 e. The Morgan fingerprint density at radius 2 is 1.78 bits per heavy atom. The van der Waals surface area contributed by atoms with Gasteiger partial charge in [-0.25, -0.2) is 4.79 Å². The van der Waals surface area contributed by atoms with Gasteiger partial charge in [0.1, 0.15) is 17.5 Å². The quantitative estimate of drug-likeness (QED) is 0.349. The zero-order chi connectivity index (χ0) is 23.1. The van der Waals surface area contributed by atoms with Crippen molar-refractivity contribution in [3.05, 3.63) is 83.4 Å². The third kappa shape index (κ3) is 5.32. The van der Waals surface area contributed by atoms with Crippen molar-refractivity contribution in [1.29, 1.82) is 0 Å². The molecule has 0 radical (unpaired) electrons. The molecule has 32 heavy (non-hydrogen) atoms. The number of hydrogen-bond acceptors (Lipinski definition) is 6. The van der Waals surface area contributed by atoms with Gasteiger partial charge in [-0.05, 0) is 35.7 Å². The van der Waals surface area contributed by atoms with Gasteiger partial charge in [-0.15, -0.1) is 0 Å². The molecule has 3 N–H and O–H groups in total. The average molecular weight is 435 g/mol. The Balaban J connectivity index is 1.78. The molecule has 1 atom stereocenters. The molecule has 0 bridgehead atoms. The van der Waals surface area contributed by atoms with Gasteiger partial charge in [-0.3, -0.25) is 10.1 Å². The van der Waals surface area contributed by atoms with Gasteiger partial charge >= 0.3 is 11.9 Å². The normalized spacial score (nSPS) is 11.6. The van der Waals surface area contributed by atoms with Crippen LogP contribution in [0.4, 0.5) is 0 Å². The number of esters is 1. The largest absolute Gasteiger partial charge is 0.496 e. The van der Waals surface area contributed by atoms with Crippen molar-refractivity contribution >= 4 is 11.9 Å². The van der Waals surface area contributed by atoms with E-state index in [1.165, 1.54) is 7.11 Å². The first-order valence-electron chi connectivity index (χ1n) is 10.1. The Hall–Kier alpha value is -3.68. The van der Waals surface area contributed by atoms with E-state index in [4.69, 9.17) is 19.7 Å². The number of aliphatic hydroxyl groups excluding tert-OH is 1. The SMILES string of the molecule is COc1cc(OC(=O)c2cccc(-c3ccccc3)c2C)ccc1CN[C@@H](CO)C(=O)O. The number of rotatable bonds is 9. The highest BCUT2D eigenvalue weighted by atomic mass is 16.5. The van der Waals surface area contributed by atoms with Crippen LogP contribution >= 0.6 is 0 Å². The van der Waals surface area contributed by atoms with E-state index in [1.807, 2.05) is 49.4 Å². The molecule has 7 heteroatoms. The maximum absolute atomic E-state index is 12.9. The van der Waals surface area contributed by atoms with Crippen LogP contribution < -0.4 is 14.8 Å². The Morgan fingerprint density at radius 1 is 1.03 bits per heavy atom. The van der Waals surface area contributed by atoms with Gasteiger partial charge in [0.15, 0.2) is 0 Å². The fraction of sp³-hybridized carbons (Fsp3) is 0.200. The molecule has 3 rings (SSSR count). The Bertz CT molecular complexity index is 1100. The molecule has 3 aromatic rings. The maximum atomic E-state index is 12.9. The Labute approximate surface area is 186 Å². The van der Waals surface area contributed by atoms with Crippen molar-refractivity contribution in [2.24, 2.45) is 0 Å². The van der Waals surface area contributed by atoms with E-state index in [-0.39, 0.29) is 6.54 Å². The third-order valence-electron chi connectivity index (χ3n) is 5.13. The van der Waals surface area contributed by atoms with Crippen molar-refractivity contribution in [2.45, 2.75) is 19.5 Å². The average Bonchev–Trinajstić information content (AvgIpc) is 2.80. The van der Waals surface area contributed by atoms with Crippen LogP contribution in [0.5, 0.6) is 11.5 Å². The number of carboxylic acids is 1. The summed E-state index contributed by atoms with van der Waals surface area (Å²) in [6.07, 6.45) is 0. The monoisotopic (exact) mass is 435 g/mol. The lowest BCUT2D eigenvalue weighted by atomic mass is 9.96. The number of aliphatic hydroxyl groups is 1. The van der Waals surface area contributed by atoms with Crippen molar-refractivity contribution in [3.8, 4) is 22.6 Å². The van der Waals surface area contributed by atoms with Crippen LogP contribution in [0.25, 0.3) is 11.1 Å². The van der Waals surface area contributed by atoms with E-state index in [0.29, 0.717) is 22.6 Å². The number of aliphatic carboxylic acids is 1. The van der Waals surface area contributed by atoms with Gasteiger partial charge in [0.25, 0.3) is 0 Å². The van der Waals surface area contributed by atoms with Crippen LogP contribution in [0.15, 0.2) is 66.7 Å². The fourth-order valence-corrected chi connectivity index (χ4v) is 3.35. The minimum absolute atomic E-state index is 0.160. The molecule has 0 saturated heterocycles. The summed E-state index contributed by atoms with van der Waals surface area (Å²) in [5.74, 6) is -0.902. The first-order valence-corrected chi connectivity index (χ1v) is 10.1. The molecule has 0 aliphatic rings. The summed E-state index contributed by atoms with van der Waals surface area (Å²) >= 11 is 0. The zero-order valence-electron chi connectivity index (χ0n) is 17.9. The molecule has 0 aliphatic heterocycles. The molecule has 0 aliphatic carbocycles. The molecule has 3 aromatic carbocycles.